The largest absolute Gasteiger partial charge is 0.0654 e. The van der Waals surface area contributed by atoms with Crippen LogP contribution in [0.2, 0.25) is 0 Å². The summed E-state index contributed by atoms with van der Waals surface area (Å²) >= 11 is 0. The smallest absolute Gasteiger partial charge is 0.0414 e. The molecule has 0 radical (unpaired) electrons. The van der Waals surface area contributed by atoms with Gasteiger partial charge in [0.05, 0.1) is 0 Å². The molecular weight excluding hydrogens is 613 g/mol. The summed E-state index contributed by atoms with van der Waals surface area (Å²) in [6.07, 6.45) is 69.8. The Morgan fingerprint density at radius 2 is 0.275 bits per heavy atom. The van der Waals surface area contributed by atoms with Crippen molar-refractivity contribution in [1.29, 1.82) is 0 Å². The highest BCUT2D eigenvalue weighted by Crippen LogP contribution is 2.25. The monoisotopic (exact) mass is 717 g/mol. The van der Waals surface area contributed by atoms with Gasteiger partial charge in [0.15, 0.2) is 0 Å². The van der Waals surface area contributed by atoms with Crippen LogP contribution in [-0.2, 0) is 0 Å². The fourth-order valence-electron chi connectivity index (χ4n) is 8.67. The van der Waals surface area contributed by atoms with Crippen molar-refractivity contribution in [2.75, 3.05) is 0 Å². The van der Waals surface area contributed by atoms with Crippen molar-refractivity contribution in [2.45, 2.75) is 323 Å². The zero-order valence-corrected chi connectivity index (χ0v) is 36.8. The van der Waals surface area contributed by atoms with E-state index in [1.54, 1.807) is 0 Å². The highest BCUT2D eigenvalue weighted by molar-refractivity contribution is 4.62. The van der Waals surface area contributed by atoms with Crippen LogP contribution < -0.4 is 0 Å². The highest BCUT2D eigenvalue weighted by Gasteiger charge is 2.09. The van der Waals surface area contributed by atoms with Gasteiger partial charge >= 0.3 is 0 Å². The van der Waals surface area contributed by atoms with E-state index in [9.17, 15) is 0 Å². The van der Waals surface area contributed by atoms with Crippen molar-refractivity contribution in [3.63, 3.8) is 0 Å². The average Bonchev–Trinajstić information content (AvgIpc) is 3.14. The molecule has 308 valence electrons. The van der Waals surface area contributed by atoms with Crippen LogP contribution >= 0.6 is 0 Å². The molecule has 0 spiro atoms. The summed E-state index contributed by atoms with van der Waals surface area (Å²) in [4.78, 5) is 0. The van der Waals surface area contributed by atoms with E-state index < -0.39 is 0 Å². The standard InChI is InChI=1S/C51H104/c1-4-7-10-13-15-17-19-21-23-25-27-28-30-32-34-36-38-40-42-44-47-50-51(48-45-12-9-6-3)49-46-43-41-39-37-35-33-31-29-26-24-22-20-18-16-14-11-8-5-2/h51H,4-50H2,1-3H3. The zero-order chi connectivity index (χ0) is 36.8. The Morgan fingerprint density at radius 1 is 0.157 bits per heavy atom. The van der Waals surface area contributed by atoms with Gasteiger partial charge in [0, 0.05) is 0 Å². The summed E-state index contributed by atoms with van der Waals surface area (Å²) in [5.74, 6) is 1.04. The van der Waals surface area contributed by atoms with Crippen molar-refractivity contribution < 1.29 is 0 Å². The molecule has 0 aliphatic heterocycles. The lowest BCUT2D eigenvalue weighted by Crippen LogP contribution is -2.01. The number of hydrogen-bond acceptors (Lipinski definition) is 0. The third kappa shape index (κ3) is 46.1. The van der Waals surface area contributed by atoms with E-state index in [1.165, 1.54) is 302 Å². The van der Waals surface area contributed by atoms with Crippen LogP contribution in [0.4, 0.5) is 0 Å². The van der Waals surface area contributed by atoms with Crippen LogP contribution in [0, 0.1) is 5.92 Å². The maximum atomic E-state index is 2.36. The van der Waals surface area contributed by atoms with Gasteiger partial charge in [0.25, 0.3) is 0 Å². The molecule has 0 bridgehead atoms. The minimum Gasteiger partial charge on any atom is -0.0654 e. The van der Waals surface area contributed by atoms with Gasteiger partial charge in [-0.3, -0.25) is 0 Å². The van der Waals surface area contributed by atoms with E-state index in [0.29, 0.717) is 0 Å². The molecule has 1 atom stereocenters. The normalized spacial score (nSPS) is 12.3. The molecule has 51 heavy (non-hydrogen) atoms. The molecule has 0 amide bonds. The van der Waals surface area contributed by atoms with Crippen molar-refractivity contribution in [3.8, 4) is 0 Å². The van der Waals surface area contributed by atoms with Crippen molar-refractivity contribution in [1.82, 2.24) is 0 Å². The molecule has 0 saturated heterocycles. The van der Waals surface area contributed by atoms with Crippen LogP contribution in [0.3, 0.4) is 0 Å². The van der Waals surface area contributed by atoms with Crippen LogP contribution in [0.15, 0.2) is 0 Å². The Labute approximate surface area is 327 Å². The van der Waals surface area contributed by atoms with Crippen LogP contribution in [0.25, 0.3) is 0 Å². The molecule has 0 aromatic heterocycles. The minimum atomic E-state index is 1.04. The van der Waals surface area contributed by atoms with E-state index in [-0.39, 0.29) is 0 Å². The molecule has 1 unspecified atom stereocenters. The second-order valence-electron chi connectivity index (χ2n) is 17.7. The maximum Gasteiger partial charge on any atom is -0.0414 e. The summed E-state index contributed by atoms with van der Waals surface area (Å²) in [6.45, 7) is 6.99. The Morgan fingerprint density at radius 3 is 0.431 bits per heavy atom. The Kier molecular flexibility index (Phi) is 48.0. The van der Waals surface area contributed by atoms with Gasteiger partial charge in [0.1, 0.15) is 0 Å². The first-order valence-electron chi connectivity index (χ1n) is 25.3. The Bertz CT molecular complexity index is 564. The number of unbranched alkanes of at least 4 members (excludes halogenated alkanes) is 41. The maximum absolute atomic E-state index is 2.36. The van der Waals surface area contributed by atoms with Gasteiger partial charge in [-0.2, -0.15) is 0 Å². The summed E-state index contributed by atoms with van der Waals surface area (Å²) in [5.41, 5.74) is 0. The van der Waals surface area contributed by atoms with Crippen LogP contribution in [0.1, 0.15) is 323 Å². The SMILES string of the molecule is CCCCCCCCCCCCCCCCCCCCCCCC(CCCCCC)CCCCCCCCCCCCCCCCCCCCC. The first-order chi connectivity index (χ1) is 25.3. The predicted molar refractivity (Wildman–Crippen MR) is 238 cm³/mol. The first-order valence-corrected chi connectivity index (χ1v) is 25.3. The van der Waals surface area contributed by atoms with Gasteiger partial charge in [-0.1, -0.05) is 323 Å². The Balaban J connectivity index is 3.54. The third-order valence-corrected chi connectivity index (χ3v) is 12.4. The zero-order valence-electron chi connectivity index (χ0n) is 36.8. The first kappa shape index (κ1) is 51.0. The fourth-order valence-corrected chi connectivity index (χ4v) is 8.67. The predicted octanol–water partition coefficient (Wildman–Crippen LogP) is 20.0. The molecule has 0 N–H and O–H groups in total. The molecule has 0 aromatic rings. The lowest BCUT2D eigenvalue weighted by atomic mass is 9.89. The van der Waals surface area contributed by atoms with E-state index in [2.05, 4.69) is 20.8 Å². The second kappa shape index (κ2) is 48.0. The van der Waals surface area contributed by atoms with Gasteiger partial charge < -0.3 is 0 Å². The molecule has 0 rings (SSSR count). The minimum absolute atomic E-state index is 1.04. The molecule has 0 nitrogen and oxygen atoms in total. The molecule has 0 heterocycles. The number of hydrogen-bond donors (Lipinski definition) is 0. The van der Waals surface area contributed by atoms with Crippen LogP contribution in [0.5, 0.6) is 0 Å². The molecule has 0 saturated carbocycles. The van der Waals surface area contributed by atoms with E-state index in [4.69, 9.17) is 0 Å². The van der Waals surface area contributed by atoms with E-state index in [0.717, 1.165) is 5.92 Å². The molecule has 0 aliphatic rings. The number of rotatable bonds is 47. The van der Waals surface area contributed by atoms with Crippen molar-refractivity contribution >= 4 is 0 Å². The molecular formula is C51H104. The van der Waals surface area contributed by atoms with E-state index in [1.807, 2.05) is 0 Å². The molecule has 0 aromatic carbocycles. The highest BCUT2D eigenvalue weighted by atomic mass is 14.1. The molecule has 0 aliphatic carbocycles. The third-order valence-electron chi connectivity index (χ3n) is 12.4. The van der Waals surface area contributed by atoms with Gasteiger partial charge in [-0.15, -0.1) is 0 Å². The topological polar surface area (TPSA) is 0 Å². The average molecular weight is 717 g/mol. The summed E-state index contributed by atoms with van der Waals surface area (Å²) in [6, 6.07) is 0. The van der Waals surface area contributed by atoms with Gasteiger partial charge in [-0.05, 0) is 5.92 Å². The van der Waals surface area contributed by atoms with E-state index >= 15 is 0 Å². The van der Waals surface area contributed by atoms with Crippen molar-refractivity contribution in [3.05, 3.63) is 0 Å². The summed E-state index contributed by atoms with van der Waals surface area (Å²) in [5, 5.41) is 0. The lowest BCUT2D eigenvalue weighted by molar-refractivity contribution is 0.366. The fraction of sp³-hybridized carbons (Fsp3) is 1.00. The van der Waals surface area contributed by atoms with Crippen molar-refractivity contribution in [2.24, 2.45) is 5.92 Å². The summed E-state index contributed by atoms with van der Waals surface area (Å²) in [7, 11) is 0. The van der Waals surface area contributed by atoms with Crippen LogP contribution in [-0.4, -0.2) is 0 Å². The lowest BCUT2D eigenvalue weighted by Gasteiger charge is -2.17. The van der Waals surface area contributed by atoms with Gasteiger partial charge in [0.2, 0.25) is 0 Å². The Hall–Kier alpha value is 0. The molecule has 0 heteroatoms. The molecule has 0 fully saturated rings. The quantitative estimate of drug-likeness (QED) is 0.0550. The van der Waals surface area contributed by atoms with Gasteiger partial charge in [-0.25, -0.2) is 0 Å². The summed E-state index contributed by atoms with van der Waals surface area (Å²) < 4.78 is 0. The second-order valence-corrected chi connectivity index (χ2v) is 17.7.